The fraction of sp³-hybridized carbons (Fsp3) is 0.143. The van der Waals surface area contributed by atoms with Crippen LogP contribution < -0.4 is 16.4 Å². The summed E-state index contributed by atoms with van der Waals surface area (Å²) >= 11 is 0. The van der Waals surface area contributed by atoms with Crippen LogP contribution in [0.4, 0.5) is 5.69 Å². The van der Waals surface area contributed by atoms with Crippen LogP contribution in [0.25, 0.3) is 0 Å². The molecule has 0 aromatic heterocycles. The molecule has 1 aromatic rings. The normalized spacial score (nSPS) is 10.7. The Hall–Kier alpha value is -2.56. The average Bonchev–Trinajstić information content (AvgIpc) is 2.43. The van der Waals surface area contributed by atoms with Gasteiger partial charge >= 0.3 is 0 Å². The van der Waals surface area contributed by atoms with E-state index in [9.17, 15) is 9.59 Å². The Morgan fingerprint density at radius 3 is 2.47 bits per heavy atom. The molecule has 0 heterocycles. The lowest BCUT2D eigenvalue weighted by Gasteiger charge is -2.14. The highest BCUT2D eigenvalue weighted by Crippen LogP contribution is 2.19. The smallest absolute Gasteiger partial charge is 0.252 e. The van der Waals surface area contributed by atoms with Crippen molar-refractivity contribution in [3.8, 4) is 0 Å². The molecule has 19 heavy (non-hydrogen) atoms. The van der Waals surface area contributed by atoms with Gasteiger partial charge in [-0.05, 0) is 19.1 Å². The van der Waals surface area contributed by atoms with E-state index in [4.69, 9.17) is 5.73 Å². The molecule has 0 fully saturated rings. The van der Waals surface area contributed by atoms with Gasteiger partial charge in [-0.3, -0.25) is 9.59 Å². The molecule has 0 aliphatic rings. The first-order valence-electron chi connectivity index (χ1n) is 5.74. The van der Waals surface area contributed by atoms with Crippen LogP contribution in [0.15, 0.2) is 48.2 Å². The fourth-order valence-electron chi connectivity index (χ4n) is 1.55. The Bertz CT molecular complexity index is 547. The SMILES string of the molecule is C=C(C(=O)NC)/C(=C\C)Nc1ccccc1C(N)=O. The Morgan fingerprint density at radius 1 is 1.32 bits per heavy atom. The van der Waals surface area contributed by atoms with E-state index in [-0.39, 0.29) is 11.5 Å². The van der Waals surface area contributed by atoms with Crippen LogP contribution in [-0.4, -0.2) is 18.9 Å². The number of hydrogen-bond donors (Lipinski definition) is 3. The maximum atomic E-state index is 11.5. The van der Waals surface area contributed by atoms with Gasteiger partial charge in [-0.25, -0.2) is 0 Å². The number of likely N-dealkylation sites (N-methyl/N-ethyl adjacent to an activating group) is 1. The van der Waals surface area contributed by atoms with Gasteiger partial charge < -0.3 is 16.4 Å². The number of carbonyl (C=O) groups is 2. The number of anilines is 1. The van der Waals surface area contributed by atoms with E-state index < -0.39 is 5.91 Å². The topological polar surface area (TPSA) is 84.2 Å². The third-order valence-corrected chi connectivity index (χ3v) is 2.58. The number of primary amides is 1. The van der Waals surface area contributed by atoms with E-state index in [0.29, 0.717) is 16.9 Å². The summed E-state index contributed by atoms with van der Waals surface area (Å²) in [6.45, 7) is 5.48. The highest BCUT2D eigenvalue weighted by Gasteiger charge is 2.13. The van der Waals surface area contributed by atoms with Crippen LogP contribution >= 0.6 is 0 Å². The van der Waals surface area contributed by atoms with Crippen LogP contribution in [0.1, 0.15) is 17.3 Å². The number of rotatable bonds is 5. The number of para-hydroxylation sites is 1. The van der Waals surface area contributed by atoms with E-state index >= 15 is 0 Å². The summed E-state index contributed by atoms with van der Waals surface area (Å²) in [6, 6.07) is 6.81. The first-order valence-corrected chi connectivity index (χ1v) is 5.74. The molecule has 4 N–H and O–H groups in total. The lowest BCUT2D eigenvalue weighted by molar-refractivity contribution is -0.116. The monoisotopic (exact) mass is 259 g/mol. The molecule has 0 bridgehead atoms. The molecule has 2 amide bonds. The van der Waals surface area contributed by atoms with Gasteiger partial charge in [0.2, 0.25) is 0 Å². The number of nitrogens with one attached hydrogen (secondary N) is 2. The molecular weight excluding hydrogens is 242 g/mol. The van der Waals surface area contributed by atoms with Crippen molar-refractivity contribution in [2.75, 3.05) is 12.4 Å². The third kappa shape index (κ3) is 3.45. The molecule has 1 aromatic carbocycles. The van der Waals surface area contributed by atoms with Crippen molar-refractivity contribution in [1.29, 1.82) is 0 Å². The molecule has 0 aliphatic carbocycles. The van der Waals surface area contributed by atoms with Gasteiger partial charge in [-0.15, -0.1) is 0 Å². The highest BCUT2D eigenvalue weighted by atomic mass is 16.2. The predicted molar refractivity (Wildman–Crippen MR) is 75.5 cm³/mol. The summed E-state index contributed by atoms with van der Waals surface area (Å²) in [5, 5.41) is 5.49. The second-order valence-corrected chi connectivity index (χ2v) is 3.79. The molecule has 100 valence electrons. The van der Waals surface area contributed by atoms with Crippen molar-refractivity contribution in [2.45, 2.75) is 6.92 Å². The molecule has 0 radical (unpaired) electrons. The van der Waals surface area contributed by atoms with Gasteiger partial charge in [-0.2, -0.15) is 0 Å². The van der Waals surface area contributed by atoms with Gasteiger partial charge in [0, 0.05) is 12.7 Å². The summed E-state index contributed by atoms with van der Waals surface area (Å²) in [5.41, 5.74) is 6.99. The van der Waals surface area contributed by atoms with Crippen LogP contribution in [0.5, 0.6) is 0 Å². The van der Waals surface area contributed by atoms with Gasteiger partial charge in [-0.1, -0.05) is 24.8 Å². The van der Waals surface area contributed by atoms with Crippen molar-refractivity contribution >= 4 is 17.5 Å². The molecule has 0 saturated carbocycles. The van der Waals surface area contributed by atoms with Crippen LogP contribution in [0, 0.1) is 0 Å². The summed E-state index contributed by atoms with van der Waals surface area (Å²) in [7, 11) is 1.53. The summed E-state index contributed by atoms with van der Waals surface area (Å²) < 4.78 is 0. The Kier molecular flexibility index (Phi) is 4.88. The van der Waals surface area contributed by atoms with Crippen LogP contribution in [0.2, 0.25) is 0 Å². The number of amides is 2. The maximum absolute atomic E-state index is 11.5. The largest absolute Gasteiger partial charge is 0.366 e. The standard InChI is InChI=1S/C14H17N3O2/c1-4-11(9(2)14(19)16-3)17-12-8-6-5-7-10(12)13(15)18/h4-8,17H,2H2,1,3H3,(H2,15,18)(H,16,19)/b11-4+. The molecule has 0 saturated heterocycles. The molecule has 0 unspecified atom stereocenters. The van der Waals surface area contributed by atoms with Crippen molar-refractivity contribution in [2.24, 2.45) is 5.73 Å². The van der Waals surface area contributed by atoms with Crippen LogP contribution in [0.3, 0.4) is 0 Å². The van der Waals surface area contributed by atoms with Crippen molar-refractivity contribution in [3.05, 3.63) is 53.8 Å². The van der Waals surface area contributed by atoms with E-state index in [0.717, 1.165) is 0 Å². The average molecular weight is 259 g/mol. The van der Waals surface area contributed by atoms with Crippen LogP contribution in [-0.2, 0) is 4.79 Å². The maximum Gasteiger partial charge on any atom is 0.252 e. The minimum atomic E-state index is -0.538. The van der Waals surface area contributed by atoms with Gasteiger partial charge in [0.05, 0.1) is 16.8 Å². The molecule has 5 heteroatoms. The van der Waals surface area contributed by atoms with E-state index in [1.165, 1.54) is 7.05 Å². The highest BCUT2D eigenvalue weighted by molar-refractivity contribution is 6.01. The Labute approximate surface area is 112 Å². The van der Waals surface area contributed by atoms with Gasteiger partial charge in [0.1, 0.15) is 0 Å². The third-order valence-electron chi connectivity index (χ3n) is 2.58. The molecular formula is C14H17N3O2. The van der Waals surface area contributed by atoms with E-state index in [1.807, 2.05) is 0 Å². The summed E-state index contributed by atoms with van der Waals surface area (Å²) in [6.07, 6.45) is 1.70. The second-order valence-electron chi connectivity index (χ2n) is 3.79. The zero-order valence-corrected chi connectivity index (χ0v) is 11.0. The zero-order chi connectivity index (χ0) is 14.4. The van der Waals surface area contributed by atoms with Crippen molar-refractivity contribution < 1.29 is 9.59 Å². The summed E-state index contributed by atoms with van der Waals surface area (Å²) in [4.78, 5) is 22.9. The molecule has 0 spiro atoms. The minimum absolute atomic E-state index is 0.282. The molecule has 0 aliphatic heterocycles. The quantitative estimate of drug-likeness (QED) is 0.552. The van der Waals surface area contributed by atoms with Crippen molar-refractivity contribution in [3.63, 3.8) is 0 Å². The number of hydrogen-bond acceptors (Lipinski definition) is 3. The Balaban J connectivity index is 3.04. The van der Waals surface area contributed by atoms with E-state index in [2.05, 4.69) is 17.2 Å². The minimum Gasteiger partial charge on any atom is -0.366 e. The lowest BCUT2D eigenvalue weighted by Crippen LogP contribution is -2.23. The predicted octanol–water partition coefficient (Wildman–Crippen LogP) is 1.40. The number of carbonyl (C=O) groups excluding carboxylic acids is 2. The number of benzene rings is 1. The van der Waals surface area contributed by atoms with Gasteiger partial charge in [0.15, 0.2) is 0 Å². The van der Waals surface area contributed by atoms with Gasteiger partial charge in [0.25, 0.3) is 11.8 Å². The van der Waals surface area contributed by atoms with Crippen molar-refractivity contribution in [1.82, 2.24) is 5.32 Å². The Morgan fingerprint density at radius 2 is 1.95 bits per heavy atom. The molecule has 5 nitrogen and oxygen atoms in total. The lowest BCUT2D eigenvalue weighted by atomic mass is 10.1. The first-order chi connectivity index (χ1) is 9.01. The first kappa shape index (κ1) is 14.5. The number of allylic oxidation sites excluding steroid dienone is 1. The molecule has 0 atom stereocenters. The fourth-order valence-corrected chi connectivity index (χ4v) is 1.55. The van der Waals surface area contributed by atoms with E-state index in [1.54, 1.807) is 37.3 Å². The summed E-state index contributed by atoms with van der Waals surface area (Å²) in [5.74, 6) is -0.832. The molecule has 1 rings (SSSR count). The second kappa shape index (κ2) is 6.39. The number of nitrogens with two attached hydrogens (primary N) is 1. The zero-order valence-electron chi connectivity index (χ0n) is 11.0.